The van der Waals surface area contributed by atoms with E-state index in [2.05, 4.69) is 25.9 Å². The fourth-order valence-corrected chi connectivity index (χ4v) is 3.66. The van der Waals surface area contributed by atoms with Crippen LogP contribution in [0, 0.1) is 5.41 Å². The van der Waals surface area contributed by atoms with Crippen LogP contribution >= 0.6 is 0 Å². The molecule has 0 atom stereocenters. The minimum atomic E-state index is -0.389. The lowest BCUT2D eigenvalue weighted by atomic mass is 9.81. The van der Waals surface area contributed by atoms with Crippen molar-refractivity contribution >= 4 is 40.1 Å². The van der Waals surface area contributed by atoms with Crippen LogP contribution in [0.1, 0.15) is 38.7 Å². The Labute approximate surface area is 162 Å². The van der Waals surface area contributed by atoms with Crippen molar-refractivity contribution in [3.63, 3.8) is 0 Å². The van der Waals surface area contributed by atoms with Crippen LogP contribution in [-0.2, 0) is 11.2 Å². The van der Waals surface area contributed by atoms with Gasteiger partial charge in [0.2, 0.25) is 11.9 Å². The number of hydrogen-bond acceptors (Lipinski definition) is 6. The number of furan rings is 1. The van der Waals surface area contributed by atoms with E-state index in [-0.39, 0.29) is 11.3 Å². The highest BCUT2D eigenvalue weighted by atomic mass is 16.3. The molecule has 2 aromatic heterocycles. The molecule has 1 amide bonds. The molecule has 28 heavy (non-hydrogen) atoms. The van der Waals surface area contributed by atoms with Gasteiger partial charge in [0, 0.05) is 28.9 Å². The fourth-order valence-electron chi connectivity index (χ4n) is 3.66. The Hall–Kier alpha value is -3.09. The zero-order valence-electron chi connectivity index (χ0n) is 16.0. The van der Waals surface area contributed by atoms with E-state index in [4.69, 9.17) is 4.42 Å². The summed E-state index contributed by atoms with van der Waals surface area (Å²) in [4.78, 5) is 21.4. The predicted molar refractivity (Wildman–Crippen MR) is 109 cm³/mol. The predicted octanol–water partition coefficient (Wildman–Crippen LogP) is 4.45. The van der Waals surface area contributed by atoms with Crippen LogP contribution in [0.25, 0.3) is 11.1 Å². The maximum Gasteiger partial charge on any atom is 0.230 e. The van der Waals surface area contributed by atoms with Crippen LogP contribution in [0.15, 0.2) is 34.9 Å². The Morgan fingerprint density at radius 2 is 2.07 bits per heavy atom. The van der Waals surface area contributed by atoms with Crippen molar-refractivity contribution in [2.24, 2.45) is 5.41 Å². The molecule has 1 saturated carbocycles. The van der Waals surface area contributed by atoms with Crippen molar-refractivity contribution < 1.29 is 9.21 Å². The van der Waals surface area contributed by atoms with Gasteiger partial charge in [-0.25, -0.2) is 4.98 Å². The summed E-state index contributed by atoms with van der Waals surface area (Å²) >= 11 is 0. The normalized spacial score (nSPS) is 18.3. The molecule has 1 aromatic carbocycles. The van der Waals surface area contributed by atoms with Gasteiger partial charge in [0.15, 0.2) is 11.4 Å². The smallest absolute Gasteiger partial charge is 0.230 e. The van der Waals surface area contributed by atoms with E-state index in [1.807, 2.05) is 38.1 Å². The van der Waals surface area contributed by atoms with Gasteiger partial charge in [-0.3, -0.25) is 4.79 Å². The molecule has 1 aliphatic heterocycles. The van der Waals surface area contributed by atoms with E-state index >= 15 is 0 Å². The highest BCUT2D eigenvalue weighted by Gasteiger charge is 2.33. The number of anilines is 4. The number of rotatable bonds is 4. The first-order chi connectivity index (χ1) is 13.5. The summed E-state index contributed by atoms with van der Waals surface area (Å²) in [7, 11) is 0. The van der Waals surface area contributed by atoms with Gasteiger partial charge in [0.05, 0.1) is 6.26 Å². The first-order valence-electron chi connectivity index (χ1n) is 9.71. The number of carbonyl (C=O) groups excluding carboxylic acids is 1. The Kier molecular flexibility index (Phi) is 3.79. The van der Waals surface area contributed by atoms with Crippen molar-refractivity contribution in [1.82, 2.24) is 9.97 Å². The van der Waals surface area contributed by atoms with Crippen LogP contribution in [0.3, 0.4) is 0 Å². The van der Waals surface area contributed by atoms with Gasteiger partial charge in [-0.05, 0) is 43.4 Å². The second kappa shape index (κ2) is 6.22. The number of aromatic nitrogens is 2. The standard InChI is InChI=1S/C21H23N5O2/c1-21(2)11-12-6-7-14(10-16(12)24-19(21)27)23-20-25-15-8-9-28-17(15)18(26-20)22-13-4-3-5-13/h6-10,13H,3-5,11H2,1-2H3,(H,24,27)(H2,22,23,25,26). The third-order valence-electron chi connectivity index (χ3n) is 5.61. The molecule has 1 aliphatic carbocycles. The lowest BCUT2D eigenvalue weighted by Gasteiger charge is -2.30. The van der Waals surface area contributed by atoms with Crippen molar-refractivity contribution in [2.75, 3.05) is 16.0 Å². The van der Waals surface area contributed by atoms with Crippen LogP contribution in [0.5, 0.6) is 0 Å². The molecule has 2 aliphatic rings. The molecule has 0 saturated heterocycles. The number of fused-ring (bicyclic) bond motifs is 2. The number of benzene rings is 1. The van der Waals surface area contributed by atoms with Gasteiger partial charge < -0.3 is 20.4 Å². The summed E-state index contributed by atoms with van der Waals surface area (Å²) in [6.07, 6.45) is 5.89. The van der Waals surface area contributed by atoms with Gasteiger partial charge in [-0.15, -0.1) is 0 Å². The maximum absolute atomic E-state index is 12.3. The topological polar surface area (TPSA) is 92.1 Å². The number of nitrogens with zero attached hydrogens (tertiary/aromatic N) is 2. The first kappa shape index (κ1) is 17.0. The average molecular weight is 377 g/mol. The summed E-state index contributed by atoms with van der Waals surface area (Å²) in [5.74, 6) is 1.26. The SMILES string of the molecule is CC1(C)Cc2ccc(Nc3nc(NC4CCC4)c4occc4n3)cc2NC1=O. The van der Waals surface area contributed by atoms with E-state index in [0.717, 1.165) is 47.5 Å². The van der Waals surface area contributed by atoms with Crippen LogP contribution in [0.2, 0.25) is 0 Å². The number of nitrogens with one attached hydrogen (secondary N) is 3. The molecule has 144 valence electrons. The lowest BCUT2D eigenvalue weighted by molar-refractivity contribution is -0.124. The van der Waals surface area contributed by atoms with Crippen molar-refractivity contribution in [3.05, 3.63) is 36.1 Å². The first-order valence-corrected chi connectivity index (χ1v) is 9.71. The summed E-state index contributed by atoms with van der Waals surface area (Å²) in [6.45, 7) is 3.92. The largest absolute Gasteiger partial charge is 0.459 e. The Morgan fingerprint density at radius 1 is 1.21 bits per heavy atom. The molecule has 0 unspecified atom stereocenters. The molecule has 7 nitrogen and oxygen atoms in total. The molecular formula is C21H23N5O2. The second-order valence-electron chi connectivity index (χ2n) is 8.31. The zero-order chi connectivity index (χ0) is 19.3. The molecule has 3 N–H and O–H groups in total. The number of amides is 1. The maximum atomic E-state index is 12.3. The van der Waals surface area contributed by atoms with Crippen molar-refractivity contribution in [1.29, 1.82) is 0 Å². The van der Waals surface area contributed by atoms with Crippen LogP contribution in [0.4, 0.5) is 23.1 Å². The van der Waals surface area contributed by atoms with Crippen LogP contribution in [-0.4, -0.2) is 21.9 Å². The molecule has 3 aromatic rings. The summed E-state index contributed by atoms with van der Waals surface area (Å²) in [5.41, 5.74) is 3.85. The monoisotopic (exact) mass is 377 g/mol. The van der Waals surface area contributed by atoms with Crippen LogP contribution < -0.4 is 16.0 Å². The Bertz CT molecular complexity index is 1070. The average Bonchev–Trinajstić information content (AvgIpc) is 3.08. The number of hydrogen-bond donors (Lipinski definition) is 3. The molecule has 3 heterocycles. The molecule has 0 spiro atoms. The van der Waals surface area contributed by atoms with E-state index in [9.17, 15) is 4.79 Å². The van der Waals surface area contributed by atoms with E-state index in [0.29, 0.717) is 17.6 Å². The molecule has 0 bridgehead atoms. The zero-order valence-corrected chi connectivity index (χ0v) is 16.0. The van der Waals surface area contributed by atoms with Gasteiger partial charge in [0.25, 0.3) is 0 Å². The Morgan fingerprint density at radius 3 is 2.86 bits per heavy atom. The minimum absolute atomic E-state index is 0.0419. The highest BCUT2D eigenvalue weighted by Crippen LogP contribution is 2.35. The van der Waals surface area contributed by atoms with E-state index < -0.39 is 0 Å². The third-order valence-corrected chi connectivity index (χ3v) is 5.61. The molecular weight excluding hydrogens is 354 g/mol. The van der Waals surface area contributed by atoms with E-state index in [1.165, 1.54) is 6.42 Å². The van der Waals surface area contributed by atoms with Crippen molar-refractivity contribution in [2.45, 2.75) is 45.6 Å². The fraction of sp³-hybridized carbons (Fsp3) is 0.381. The van der Waals surface area contributed by atoms with E-state index in [1.54, 1.807) is 6.26 Å². The second-order valence-corrected chi connectivity index (χ2v) is 8.31. The van der Waals surface area contributed by atoms with Crippen molar-refractivity contribution in [3.8, 4) is 0 Å². The number of carbonyl (C=O) groups is 1. The highest BCUT2D eigenvalue weighted by molar-refractivity contribution is 5.98. The summed E-state index contributed by atoms with van der Waals surface area (Å²) in [5, 5.41) is 9.73. The quantitative estimate of drug-likeness (QED) is 0.622. The molecule has 5 rings (SSSR count). The summed E-state index contributed by atoms with van der Waals surface area (Å²) < 4.78 is 5.57. The molecule has 7 heteroatoms. The van der Waals surface area contributed by atoms with Gasteiger partial charge in [-0.2, -0.15) is 4.98 Å². The lowest BCUT2D eigenvalue weighted by Crippen LogP contribution is -2.37. The third kappa shape index (κ3) is 2.96. The molecule has 1 fully saturated rings. The van der Waals surface area contributed by atoms with Gasteiger partial charge in [0.1, 0.15) is 5.52 Å². The molecule has 0 radical (unpaired) electrons. The minimum Gasteiger partial charge on any atom is -0.459 e. The van der Waals surface area contributed by atoms with Gasteiger partial charge in [-0.1, -0.05) is 19.9 Å². The summed E-state index contributed by atoms with van der Waals surface area (Å²) in [6, 6.07) is 8.25. The Balaban J connectivity index is 1.44. The van der Waals surface area contributed by atoms with Gasteiger partial charge >= 0.3 is 0 Å².